The molecule has 0 aromatic carbocycles. The third-order valence-electron chi connectivity index (χ3n) is 2.14. The molecule has 0 amide bonds. The summed E-state index contributed by atoms with van der Waals surface area (Å²) in [6.45, 7) is 6.20. The van der Waals surface area contributed by atoms with Crippen LogP contribution in [0.25, 0.3) is 0 Å². The molecule has 11 heavy (non-hydrogen) atoms. The Bertz CT molecular complexity index is 104. The van der Waals surface area contributed by atoms with Crippen LogP contribution >= 0.6 is 0 Å². The van der Waals surface area contributed by atoms with Gasteiger partial charge in [-0.3, -0.25) is 11.3 Å². The minimum atomic E-state index is -0.176. The molecule has 0 aliphatic rings. The summed E-state index contributed by atoms with van der Waals surface area (Å²) in [6, 6.07) is 0.234. The van der Waals surface area contributed by atoms with Crippen molar-refractivity contribution in [2.24, 2.45) is 5.84 Å². The van der Waals surface area contributed by atoms with Gasteiger partial charge in [0, 0.05) is 13.2 Å². The second kappa shape index (κ2) is 4.70. The maximum absolute atomic E-state index is 5.39. The predicted molar refractivity (Wildman–Crippen MR) is 47.1 cm³/mol. The van der Waals surface area contributed by atoms with E-state index in [0.29, 0.717) is 0 Å². The Morgan fingerprint density at radius 1 is 1.55 bits per heavy atom. The van der Waals surface area contributed by atoms with Crippen LogP contribution in [0.2, 0.25) is 0 Å². The smallest absolute Gasteiger partial charge is 0.0788 e. The van der Waals surface area contributed by atoms with Gasteiger partial charge in [-0.1, -0.05) is 13.3 Å². The highest BCUT2D eigenvalue weighted by Crippen LogP contribution is 2.16. The molecule has 0 aromatic rings. The lowest BCUT2D eigenvalue weighted by Gasteiger charge is -2.32. The van der Waals surface area contributed by atoms with E-state index in [4.69, 9.17) is 10.6 Å². The molecule has 3 nitrogen and oxygen atoms in total. The lowest BCUT2D eigenvalue weighted by Crippen LogP contribution is -2.50. The SMILES string of the molecule is CCCC(NN)C(C)(C)OC. The first-order valence-corrected chi connectivity index (χ1v) is 4.09. The van der Waals surface area contributed by atoms with E-state index in [1.165, 1.54) is 0 Å². The maximum atomic E-state index is 5.39. The first kappa shape index (κ1) is 10.9. The van der Waals surface area contributed by atoms with Crippen LogP contribution in [0.3, 0.4) is 0 Å². The van der Waals surface area contributed by atoms with E-state index < -0.39 is 0 Å². The van der Waals surface area contributed by atoms with Gasteiger partial charge in [-0.05, 0) is 20.3 Å². The zero-order chi connectivity index (χ0) is 8.91. The average Bonchev–Trinajstić information content (AvgIpc) is 2.00. The minimum absolute atomic E-state index is 0.176. The molecule has 1 unspecified atom stereocenters. The summed E-state index contributed by atoms with van der Waals surface area (Å²) >= 11 is 0. The van der Waals surface area contributed by atoms with Gasteiger partial charge in [0.2, 0.25) is 0 Å². The molecule has 3 heteroatoms. The van der Waals surface area contributed by atoms with Crippen LogP contribution in [-0.4, -0.2) is 18.8 Å². The third kappa shape index (κ3) is 3.18. The predicted octanol–water partition coefficient (Wildman–Crippen LogP) is 1.04. The highest BCUT2D eigenvalue weighted by Gasteiger charge is 2.27. The summed E-state index contributed by atoms with van der Waals surface area (Å²) in [4.78, 5) is 0. The number of hydrazine groups is 1. The summed E-state index contributed by atoms with van der Waals surface area (Å²) < 4.78 is 5.30. The third-order valence-corrected chi connectivity index (χ3v) is 2.14. The second-order valence-corrected chi connectivity index (χ2v) is 3.32. The molecule has 3 N–H and O–H groups in total. The van der Waals surface area contributed by atoms with Crippen molar-refractivity contribution in [1.29, 1.82) is 0 Å². The van der Waals surface area contributed by atoms with Crippen molar-refractivity contribution >= 4 is 0 Å². The molecule has 0 rings (SSSR count). The molecule has 68 valence electrons. The molecule has 0 saturated heterocycles. The van der Waals surface area contributed by atoms with Crippen LogP contribution in [0.15, 0.2) is 0 Å². The van der Waals surface area contributed by atoms with Gasteiger partial charge in [0.05, 0.1) is 5.60 Å². The zero-order valence-electron chi connectivity index (χ0n) is 7.98. The number of rotatable bonds is 5. The molecule has 0 radical (unpaired) electrons. The fraction of sp³-hybridized carbons (Fsp3) is 1.00. The van der Waals surface area contributed by atoms with Crippen molar-refractivity contribution < 1.29 is 4.74 Å². The van der Waals surface area contributed by atoms with Gasteiger partial charge in [-0.15, -0.1) is 0 Å². The van der Waals surface area contributed by atoms with E-state index in [9.17, 15) is 0 Å². The van der Waals surface area contributed by atoms with Crippen LogP contribution in [0.4, 0.5) is 0 Å². The van der Waals surface area contributed by atoms with Crippen molar-refractivity contribution in [2.45, 2.75) is 45.3 Å². The quantitative estimate of drug-likeness (QED) is 0.466. The molecule has 1 atom stereocenters. The number of methoxy groups -OCH3 is 1. The molecule has 0 fully saturated rings. The van der Waals surface area contributed by atoms with Gasteiger partial charge in [0.1, 0.15) is 0 Å². The second-order valence-electron chi connectivity index (χ2n) is 3.32. The first-order chi connectivity index (χ1) is 5.08. The molecule has 0 spiro atoms. The molecule has 0 aromatic heterocycles. The van der Waals surface area contributed by atoms with Crippen molar-refractivity contribution in [1.82, 2.24) is 5.43 Å². The lowest BCUT2D eigenvalue weighted by molar-refractivity contribution is -0.0127. The van der Waals surface area contributed by atoms with Gasteiger partial charge in [-0.25, -0.2) is 0 Å². The number of hydrogen-bond acceptors (Lipinski definition) is 3. The van der Waals surface area contributed by atoms with Crippen molar-refractivity contribution in [3.05, 3.63) is 0 Å². The minimum Gasteiger partial charge on any atom is -0.377 e. The van der Waals surface area contributed by atoms with Crippen LogP contribution in [0, 0.1) is 0 Å². The molecule has 0 bridgehead atoms. The van der Waals surface area contributed by atoms with Crippen LogP contribution in [0.1, 0.15) is 33.6 Å². The van der Waals surface area contributed by atoms with Gasteiger partial charge >= 0.3 is 0 Å². The molecule has 0 aliphatic heterocycles. The van der Waals surface area contributed by atoms with E-state index in [2.05, 4.69) is 12.3 Å². The lowest BCUT2D eigenvalue weighted by atomic mass is 9.95. The fourth-order valence-electron chi connectivity index (χ4n) is 1.06. The topological polar surface area (TPSA) is 47.3 Å². The molecule has 0 heterocycles. The number of nitrogens with two attached hydrogens (primary N) is 1. The Balaban J connectivity index is 3.99. The largest absolute Gasteiger partial charge is 0.377 e. The summed E-state index contributed by atoms with van der Waals surface area (Å²) in [6.07, 6.45) is 2.15. The number of ether oxygens (including phenoxy) is 1. The van der Waals surface area contributed by atoms with Gasteiger partial charge < -0.3 is 4.74 Å². The average molecular weight is 160 g/mol. The standard InChI is InChI=1S/C8H20N2O/c1-5-6-7(10-9)8(2,3)11-4/h7,10H,5-6,9H2,1-4H3. The van der Waals surface area contributed by atoms with Crippen LogP contribution in [0.5, 0.6) is 0 Å². The molecule has 0 aliphatic carbocycles. The summed E-state index contributed by atoms with van der Waals surface area (Å²) in [5, 5.41) is 0. The Morgan fingerprint density at radius 3 is 2.36 bits per heavy atom. The van der Waals surface area contributed by atoms with Crippen molar-refractivity contribution in [3.8, 4) is 0 Å². The zero-order valence-corrected chi connectivity index (χ0v) is 7.98. The van der Waals surface area contributed by atoms with Gasteiger partial charge in [0.15, 0.2) is 0 Å². The summed E-state index contributed by atoms with van der Waals surface area (Å²) in [5.74, 6) is 5.39. The van der Waals surface area contributed by atoms with E-state index in [1.807, 2.05) is 13.8 Å². The number of hydrogen-bond donors (Lipinski definition) is 2. The van der Waals surface area contributed by atoms with Crippen molar-refractivity contribution in [2.75, 3.05) is 7.11 Å². The molecular weight excluding hydrogens is 140 g/mol. The Hall–Kier alpha value is -0.120. The highest BCUT2D eigenvalue weighted by molar-refractivity contribution is 4.83. The van der Waals surface area contributed by atoms with Crippen LogP contribution < -0.4 is 11.3 Å². The summed E-state index contributed by atoms with van der Waals surface area (Å²) in [5.41, 5.74) is 2.59. The normalized spacial score (nSPS) is 15.0. The summed E-state index contributed by atoms with van der Waals surface area (Å²) in [7, 11) is 1.71. The van der Waals surface area contributed by atoms with Gasteiger partial charge in [-0.2, -0.15) is 0 Å². The highest BCUT2D eigenvalue weighted by atomic mass is 16.5. The first-order valence-electron chi connectivity index (χ1n) is 4.09. The van der Waals surface area contributed by atoms with E-state index in [-0.39, 0.29) is 11.6 Å². The van der Waals surface area contributed by atoms with E-state index in [1.54, 1.807) is 7.11 Å². The van der Waals surface area contributed by atoms with E-state index >= 15 is 0 Å². The van der Waals surface area contributed by atoms with Crippen molar-refractivity contribution in [3.63, 3.8) is 0 Å². The van der Waals surface area contributed by atoms with E-state index in [0.717, 1.165) is 12.8 Å². The maximum Gasteiger partial charge on any atom is 0.0788 e. The Morgan fingerprint density at radius 2 is 2.09 bits per heavy atom. The monoisotopic (exact) mass is 160 g/mol. The van der Waals surface area contributed by atoms with Gasteiger partial charge in [0.25, 0.3) is 0 Å². The molecule has 0 saturated carbocycles. The fourth-order valence-corrected chi connectivity index (χ4v) is 1.06. The van der Waals surface area contributed by atoms with Crippen LogP contribution in [-0.2, 0) is 4.74 Å². The Labute approximate surface area is 69.3 Å². The Kier molecular flexibility index (Phi) is 4.65. The number of nitrogens with one attached hydrogen (secondary N) is 1. The molecular formula is C8H20N2O.